The van der Waals surface area contributed by atoms with E-state index in [0.29, 0.717) is 11.4 Å². The molecule has 2 amide bonds. The van der Waals surface area contributed by atoms with Gasteiger partial charge in [0, 0.05) is 23.4 Å². The van der Waals surface area contributed by atoms with Crippen LogP contribution < -0.4 is 15.4 Å². The van der Waals surface area contributed by atoms with Gasteiger partial charge in [-0.25, -0.2) is 0 Å². The normalized spacial score (nSPS) is 10.4. The lowest BCUT2D eigenvalue weighted by Crippen LogP contribution is -2.21. The van der Waals surface area contributed by atoms with E-state index in [-0.39, 0.29) is 24.3 Å². The molecular weight excluding hydrogens is 316 g/mol. The van der Waals surface area contributed by atoms with E-state index in [1.807, 2.05) is 45.9 Å². The average Bonchev–Trinajstić information content (AvgIpc) is 2.56. The molecule has 0 bridgehead atoms. The molecule has 0 radical (unpaired) electrons. The Morgan fingerprint density at radius 3 is 2.48 bits per heavy atom. The van der Waals surface area contributed by atoms with Crippen molar-refractivity contribution in [1.29, 1.82) is 0 Å². The highest BCUT2D eigenvalue weighted by atomic mass is 16.5. The molecule has 0 heterocycles. The molecule has 132 valence electrons. The van der Waals surface area contributed by atoms with Gasteiger partial charge < -0.3 is 15.4 Å². The Morgan fingerprint density at radius 2 is 1.80 bits per heavy atom. The molecule has 0 aliphatic carbocycles. The van der Waals surface area contributed by atoms with Crippen molar-refractivity contribution in [1.82, 2.24) is 0 Å². The van der Waals surface area contributed by atoms with Gasteiger partial charge in [0.25, 0.3) is 5.91 Å². The van der Waals surface area contributed by atoms with E-state index < -0.39 is 0 Å². The van der Waals surface area contributed by atoms with Gasteiger partial charge in [-0.15, -0.1) is 0 Å². The van der Waals surface area contributed by atoms with Crippen molar-refractivity contribution in [3.8, 4) is 5.75 Å². The summed E-state index contributed by atoms with van der Waals surface area (Å²) in [6.07, 6.45) is 0. The third kappa shape index (κ3) is 5.64. The summed E-state index contributed by atoms with van der Waals surface area (Å²) >= 11 is 0. The van der Waals surface area contributed by atoms with Crippen molar-refractivity contribution in [3.05, 3.63) is 53.6 Å². The molecule has 0 saturated carbocycles. The first kappa shape index (κ1) is 18.5. The second-order valence-corrected chi connectivity index (χ2v) is 6.33. The SMILES string of the molecule is Cc1ccc(NC(=O)COc2cccc(NC(=O)C(C)C)c2)c(C)c1. The molecule has 0 spiro atoms. The van der Waals surface area contributed by atoms with Crippen molar-refractivity contribution in [2.24, 2.45) is 5.92 Å². The Hall–Kier alpha value is -2.82. The average molecular weight is 340 g/mol. The predicted octanol–water partition coefficient (Wildman–Crippen LogP) is 3.92. The molecule has 2 aromatic rings. The molecule has 0 aromatic heterocycles. The zero-order chi connectivity index (χ0) is 18.4. The summed E-state index contributed by atoms with van der Waals surface area (Å²) in [5.74, 6) is 0.124. The third-order valence-electron chi connectivity index (χ3n) is 3.65. The van der Waals surface area contributed by atoms with Crippen LogP contribution in [0.25, 0.3) is 0 Å². The van der Waals surface area contributed by atoms with Gasteiger partial charge in [0.1, 0.15) is 5.75 Å². The Bertz CT molecular complexity index is 769. The lowest BCUT2D eigenvalue weighted by atomic mass is 10.1. The smallest absolute Gasteiger partial charge is 0.262 e. The van der Waals surface area contributed by atoms with Gasteiger partial charge >= 0.3 is 0 Å². The summed E-state index contributed by atoms with van der Waals surface area (Å²) in [5.41, 5.74) is 3.57. The summed E-state index contributed by atoms with van der Waals surface area (Å²) in [4.78, 5) is 23.8. The minimum absolute atomic E-state index is 0.0651. The summed E-state index contributed by atoms with van der Waals surface area (Å²) in [5, 5.41) is 5.64. The third-order valence-corrected chi connectivity index (χ3v) is 3.65. The largest absolute Gasteiger partial charge is 0.484 e. The minimum atomic E-state index is -0.233. The topological polar surface area (TPSA) is 67.4 Å². The van der Waals surface area contributed by atoms with Crippen molar-refractivity contribution < 1.29 is 14.3 Å². The molecule has 0 fully saturated rings. The number of hydrogen-bond donors (Lipinski definition) is 2. The molecule has 0 aliphatic heterocycles. The van der Waals surface area contributed by atoms with Crippen LogP contribution in [0.1, 0.15) is 25.0 Å². The van der Waals surface area contributed by atoms with E-state index >= 15 is 0 Å². The fourth-order valence-corrected chi connectivity index (χ4v) is 2.24. The monoisotopic (exact) mass is 340 g/mol. The first-order valence-corrected chi connectivity index (χ1v) is 8.26. The van der Waals surface area contributed by atoms with Crippen LogP contribution in [0.5, 0.6) is 5.75 Å². The molecular formula is C20H24N2O3. The van der Waals surface area contributed by atoms with Crippen molar-refractivity contribution in [2.75, 3.05) is 17.2 Å². The van der Waals surface area contributed by atoms with Gasteiger partial charge in [0.2, 0.25) is 5.91 Å². The Morgan fingerprint density at radius 1 is 1.04 bits per heavy atom. The molecule has 2 rings (SSSR count). The van der Waals surface area contributed by atoms with Gasteiger partial charge in [0.05, 0.1) is 0 Å². The number of carbonyl (C=O) groups excluding carboxylic acids is 2. The molecule has 0 unspecified atom stereocenters. The zero-order valence-electron chi connectivity index (χ0n) is 15.1. The van der Waals surface area contributed by atoms with Crippen LogP contribution >= 0.6 is 0 Å². The molecule has 0 atom stereocenters. The molecule has 25 heavy (non-hydrogen) atoms. The number of anilines is 2. The van der Waals surface area contributed by atoms with E-state index in [1.165, 1.54) is 0 Å². The highest BCUT2D eigenvalue weighted by Crippen LogP contribution is 2.19. The first-order valence-electron chi connectivity index (χ1n) is 8.26. The Balaban J connectivity index is 1.92. The van der Waals surface area contributed by atoms with Crippen LogP contribution in [-0.2, 0) is 9.59 Å². The van der Waals surface area contributed by atoms with Gasteiger partial charge in [-0.05, 0) is 37.6 Å². The van der Waals surface area contributed by atoms with Crippen LogP contribution in [0.15, 0.2) is 42.5 Å². The van der Waals surface area contributed by atoms with E-state index in [9.17, 15) is 9.59 Å². The molecule has 0 aliphatic rings. The maximum atomic E-state index is 12.1. The van der Waals surface area contributed by atoms with Crippen LogP contribution in [0.2, 0.25) is 0 Å². The van der Waals surface area contributed by atoms with Crippen molar-refractivity contribution in [2.45, 2.75) is 27.7 Å². The summed E-state index contributed by atoms with van der Waals surface area (Å²) in [6, 6.07) is 12.8. The fourth-order valence-electron chi connectivity index (χ4n) is 2.24. The summed E-state index contributed by atoms with van der Waals surface area (Å²) < 4.78 is 5.52. The number of hydrogen-bond acceptors (Lipinski definition) is 3. The van der Waals surface area contributed by atoms with Gasteiger partial charge in [-0.3, -0.25) is 9.59 Å². The number of rotatable bonds is 6. The van der Waals surface area contributed by atoms with E-state index in [0.717, 1.165) is 16.8 Å². The summed E-state index contributed by atoms with van der Waals surface area (Å²) in [6.45, 7) is 7.51. The fraction of sp³-hybridized carbons (Fsp3) is 0.300. The molecule has 2 N–H and O–H groups in total. The standard InChI is InChI=1S/C20H24N2O3/c1-13(2)20(24)21-16-6-5-7-17(11-16)25-12-19(23)22-18-9-8-14(3)10-15(18)4/h5-11,13H,12H2,1-4H3,(H,21,24)(H,22,23). The quantitative estimate of drug-likeness (QED) is 0.837. The van der Waals surface area contributed by atoms with Crippen molar-refractivity contribution >= 4 is 23.2 Å². The van der Waals surface area contributed by atoms with Gasteiger partial charge in [0.15, 0.2) is 6.61 Å². The first-order chi connectivity index (χ1) is 11.8. The lowest BCUT2D eigenvalue weighted by molar-refractivity contribution is -0.119. The molecule has 0 saturated heterocycles. The van der Waals surface area contributed by atoms with Crippen LogP contribution in [-0.4, -0.2) is 18.4 Å². The second kappa shape index (κ2) is 8.33. The van der Waals surface area contributed by atoms with Crippen LogP contribution in [0, 0.1) is 19.8 Å². The van der Waals surface area contributed by atoms with Gasteiger partial charge in [-0.2, -0.15) is 0 Å². The number of carbonyl (C=O) groups is 2. The lowest BCUT2D eigenvalue weighted by Gasteiger charge is -2.12. The molecule has 5 nitrogen and oxygen atoms in total. The predicted molar refractivity (Wildman–Crippen MR) is 100.0 cm³/mol. The maximum Gasteiger partial charge on any atom is 0.262 e. The van der Waals surface area contributed by atoms with Gasteiger partial charge in [-0.1, -0.05) is 37.6 Å². The number of ether oxygens (including phenoxy) is 1. The van der Waals surface area contributed by atoms with Crippen LogP contribution in [0.3, 0.4) is 0 Å². The van der Waals surface area contributed by atoms with E-state index in [4.69, 9.17) is 4.74 Å². The molecule has 2 aromatic carbocycles. The number of aryl methyl sites for hydroxylation is 2. The highest BCUT2D eigenvalue weighted by Gasteiger charge is 2.09. The highest BCUT2D eigenvalue weighted by molar-refractivity contribution is 5.93. The Labute approximate surface area is 148 Å². The van der Waals surface area contributed by atoms with E-state index in [2.05, 4.69) is 10.6 Å². The van der Waals surface area contributed by atoms with Crippen molar-refractivity contribution in [3.63, 3.8) is 0 Å². The maximum absolute atomic E-state index is 12.1. The summed E-state index contributed by atoms with van der Waals surface area (Å²) in [7, 11) is 0. The Kier molecular flexibility index (Phi) is 6.17. The molecule has 5 heteroatoms. The van der Waals surface area contributed by atoms with Crippen LogP contribution in [0.4, 0.5) is 11.4 Å². The number of nitrogens with one attached hydrogen (secondary N) is 2. The number of benzene rings is 2. The second-order valence-electron chi connectivity index (χ2n) is 6.33. The van der Waals surface area contributed by atoms with E-state index in [1.54, 1.807) is 24.3 Å². The minimum Gasteiger partial charge on any atom is -0.484 e. The zero-order valence-corrected chi connectivity index (χ0v) is 15.1. The number of amides is 2.